The first-order valence-electron chi connectivity index (χ1n) is 7.29. The topological polar surface area (TPSA) is 59.6 Å². The molecule has 130 valence electrons. The number of anilines is 1. The van der Waals surface area contributed by atoms with Gasteiger partial charge in [0.2, 0.25) is 5.91 Å². The fourth-order valence-corrected chi connectivity index (χ4v) is 2.63. The summed E-state index contributed by atoms with van der Waals surface area (Å²) in [6, 6.07) is 12.9. The Balaban J connectivity index is 1.95. The lowest BCUT2D eigenvalue weighted by molar-refractivity contribution is -0.115. The first-order valence-corrected chi connectivity index (χ1v) is 8.49. The van der Waals surface area contributed by atoms with Crippen molar-refractivity contribution in [3.63, 3.8) is 0 Å². The molecule has 2 N–H and O–H groups in total. The fraction of sp³-hybridized carbons (Fsp3) is 0.111. The third-order valence-corrected chi connectivity index (χ3v) is 3.85. The molecule has 0 heterocycles. The number of thiocarbonyl (C=S) groups is 1. The van der Waals surface area contributed by atoms with Gasteiger partial charge in [0.25, 0.3) is 0 Å². The lowest BCUT2D eigenvalue weighted by Gasteiger charge is -2.09. The smallest absolute Gasteiger partial charge is 0.250 e. The second kappa shape index (κ2) is 9.19. The number of halogens is 1. The number of amides is 1. The van der Waals surface area contributed by atoms with Crippen LogP contribution in [-0.2, 0) is 4.79 Å². The van der Waals surface area contributed by atoms with E-state index in [1.165, 1.54) is 6.08 Å². The predicted octanol–water partition coefficient (Wildman–Crippen LogP) is 3.99. The number of rotatable bonds is 5. The molecule has 2 aromatic carbocycles. The zero-order valence-electron chi connectivity index (χ0n) is 13.7. The summed E-state index contributed by atoms with van der Waals surface area (Å²) in [6.45, 7) is 0. The molecule has 2 rings (SSSR count). The summed E-state index contributed by atoms with van der Waals surface area (Å²) in [7, 11) is 3.13. The van der Waals surface area contributed by atoms with Gasteiger partial charge in [-0.3, -0.25) is 10.1 Å². The molecule has 1 amide bonds. The van der Waals surface area contributed by atoms with Crippen LogP contribution in [0.15, 0.2) is 53.0 Å². The van der Waals surface area contributed by atoms with Crippen molar-refractivity contribution in [1.29, 1.82) is 0 Å². The van der Waals surface area contributed by atoms with Gasteiger partial charge in [0, 0.05) is 16.2 Å². The van der Waals surface area contributed by atoms with Crippen molar-refractivity contribution in [2.75, 3.05) is 19.5 Å². The SMILES string of the molecule is COc1ccc(/C=C/C(=O)NC(=S)Nc2cccc(Br)c2)cc1OC. The van der Waals surface area contributed by atoms with Crippen molar-refractivity contribution in [3.8, 4) is 11.5 Å². The van der Waals surface area contributed by atoms with E-state index in [2.05, 4.69) is 26.6 Å². The Labute approximate surface area is 160 Å². The molecule has 7 heteroatoms. The van der Waals surface area contributed by atoms with Crippen LogP contribution in [0.25, 0.3) is 6.08 Å². The van der Waals surface area contributed by atoms with Gasteiger partial charge in [-0.15, -0.1) is 0 Å². The standard InChI is InChI=1S/C18H17BrN2O3S/c1-23-15-8-6-12(10-16(15)24-2)7-9-17(22)21-18(25)20-14-5-3-4-13(19)11-14/h3-11H,1-2H3,(H2,20,21,22,25)/b9-7+. The third-order valence-electron chi connectivity index (χ3n) is 3.15. The molecule has 0 saturated heterocycles. The Hall–Kier alpha value is -2.38. The van der Waals surface area contributed by atoms with Gasteiger partial charge in [-0.1, -0.05) is 28.1 Å². The van der Waals surface area contributed by atoms with Gasteiger partial charge in [0.05, 0.1) is 14.2 Å². The van der Waals surface area contributed by atoms with Gasteiger partial charge in [-0.05, 0) is 54.2 Å². The zero-order valence-corrected chi connectivity index (χ0v) is 16.1. The van der Waals surface area contributed by atoms with Crippen molar-refractivity contribution in [3.05, 3.63) is 58.6 Å². The molecule has 0 fully saturated rings. The zero-order chi connectivity index (χ0) is 18.2. The number of benzene rings is 2. The Bertz CT molecular complexity index is 809. The number of hydrogen-bond acceptors (Lipinski definition) is 4. The van der Waals surface area contributed by atoms with Crippen LogP contribution in [0.3, 0.4) is 0 Å². The van der Waals surface area contributed by atoms with E-state index in [-0.39, 0.29) is 11.0 Å². The number of carbonyl (C=O) groups is 1. The van der Waals surface area contributed by atoms with Crippen LogP contribution >= 0.6 is 28.1 Å². The number of methoxy groups -OCH3 is 2. The summed E-state index contributed by atoms with van der Waals surface area (Å²) in [5.74, 6) is 0.891. The highest BCUT2D eigenvalue weighted by molar-refractivity contribution is 9.10. The van der Waals surface area contributed by atoms with Crippen LogP contribution in [0, 0.1) is 0 Å². The van der Waals surface area contributed by atoms with Crippen molar-refractivity contribution < 1.29 is 14.3 Å². The van der Waals surface area contributed by atoms with E-state index in [1.54, 1.807) is 32.4 Å². The minimum absolute atomic E-state index is 0.222. The van der Waals surface area contributed by atoms with Gasteiger partial charge in [-0.25, -0.2) is 0 Å². The van der Waals surface area contributed by atoms with Crippen LogP contribution in [0.5, 0.6) is 11.5 Å². The molecule has 0 unspecified atom stereocenters. The molecule has 2 aromatic rings. The van der Waals surface area contributed by atoms with Crippen molar-refractivity contribution in [1.82, 2.24) is 5.32 Å². The second-order valence-electron chi connectivity index (χ2n) is 4.90. The normalized spacial score (nSPS) is 10.4. The van der Waals surface area contributed by atoms with E-state index < -0.39 is 0 Å². The number of ether oxygens (including phenoxy) is 2. The van der Waals surface area contributed by atoms with E-state index in [4.69, 9.17) is 21.7 Å². The van der Waals surface area contributed by atoms with E-state index >= 15 is 0 Å². The first-order chi connectivity index (χ1) is 12.0. The molecular weight excluding hydrogens is 404 g/mol. The van der Waals surface area contributed by atoms with Gasteiger partial charge >= 0.3 is 0 Å². The van der Waals surface area contributed by atoms with E-state index in [0.29, 0.717) is 11.5 Å². The summed E-state index contributed by atoms with van der Waals surface area (Å²) < 4.78 is 11.3. The molecule has 25 heavy (non-hydrogen) atoms. The van der Waals surface area contributed by atoms with Crippen molar-refractivity contribution in [2.45, 2.75) is 0 Å². The Morgan fingerprint density at radius 2 is 1.88 bits per heavy atom. The Morgan fingerprint density at radius 1 is 1.12 bits per heavy atom. The molecule has 0 aromatic heterocycles. The van der Waals surface area contributed by atoms with Gasteiger partial charge < -0.3 is 14.8 Å². The van der Waals surface area contributed by atoms with Gasteiger partial charge in [0.15, 0.2) is 16.6 Å². The van der Waals surface area contributed by atoms with Crippen molar-refractivity contribution >= 4 is 50.9 Å². The van der Waals surface area contributed by atoms with E-state index in [0.717, 1.165) is 15.7 Å². The second-order valence-corrected chi connectivity index (χ2v) is 6.23. The summed E-state index contributed by atoms with van der Waals surface area (Å²) in [6.07, 6.45) is 3.06. The Kier molecular flexibility index (Phi) is 6.97. The van der Waals surface area contributed by atoms with Crippen LogP contribution in [0.2, 0.25) is 0 Å². The van der Waals surface area contributed by atoms with E-state index in [9.17, 15) is 4.79 Å². The van der Waals surface area contributed by atoms with Crippen LogP contribution in [0.4, 0.5) is 5.69 Å². The molecule has 0 aliphatic rings. The maximum Gasteiger partial charge on any atom is 0.250 e. The number of nitrogens with one attached hydrogen (secondary N) is 2. The minimum Gasteiger partial charge on any atom is -0.493 e. The summed E-state index contributed by atoms with van der Waals surface area (Å²) in [5, 5.41) is 5.76. The monoisotopic (exact) mass is 420 g/mol. The average Bonchev–Trinajstić information content (AvgIpc) is 2.59. The molecule has 0 spiro atoms. The lowest BCUT2D eigenvalue weighted by atomic mass is 10.2. The molecule has 0 saturated carbocycles. The Morgan fingerprint density at radius 3 is 2.56 bits per heavy atom. The molecule has 0 atom stereocenters. The van der Waals surface area contributed by atoms with Gasteiger partial charge in [-0.2, -0.15) is 0 Å². The number of hydrogen-bond donors (Lipinski definition) is 2. The molecule has 5 nitrogen and oxygen atoms in total. The number of carbonyl (C=O) groups excluding carboxylic acids is 1. The highest BCUT2D eigenvalue weighted by Gasteiger charge is 2.04. The highest BCUT2D eigenvalue weighted by Crippen LogP contribution is 2.27. The molecular formula is C18H17BrN2O3S. The van der Waals surface area contributed by atoms with Crippen molar-refractivity contribution in [2.24, 2.45) is 0 Å². The molecule has 0 bridgehead atoms. The maximum atomic E-state index is 12.0. The highest BCUT2D eigenvalue weighted by atomic mass is 79.9. The summed E-state index contributed by atoms with van der Waals surface area (Å²) >= 11 is 8.50. The third kappa shape index (κ3) is 5.88. The first kappa shape index (κ1) is 19.0. The van der Waals surface area contributed by atoms with Crippen LogP contribution in [-0.4, -0.2) is 25.2 Å². The minimum atomic E-state index is -0.331. The maximum absolute atomic E-state index is 12.0. The quantitative estimate of drug-likeness (QED) is 0.565. The summed E-state index contributed by atoms with van der Waals surface area (Å²) in [5.41, 5.74) is 1.59. The largest absolute Gasteiger partial charge is 0.493 e. The van der Waals surface area contributed by atoms with Gasteiger partial charge in [0.1, 0.15) is 0 Å². The predicted molar refractivity (Wildman–Crippen MR) is 107 cm³/mol. The average molecular weight is 421 g/mol. The van der Waals surface area contributed by atoms with E-state index in [1.807, 2.05) is 30.3 Å². The van der Waals surface area contributed by atoms with Crippen LogP contribution < -0.4 is 20.1 Å². The molecule has 0 aliphatic heterocycles. The molecule has 0 aliphatic carbocycles. The summed E-state index contributed by atoms with van der Waals surface area (Å²) in [4.78, 5) is 12.0. The fourth-order valence-electron chi connectivity index (χ4n) is 2.01. The van der Waals surface area contributed by atoms with Crippen LogP contribution in [0.1, 0.15) is 5.56 Å². The molecule has 0 radical (unpaired) electrons. The lowest BCUT2D eigenvalue weighted by Crippen LogP contribution is -2.32.